The predicted molar refractivity (Wildman–Crippen MR) is 96.0 cm³/mol. The van der Waals surface area contributed by atoms with Gasteiger partial charge >= 0.3 is 5.69 Å². The van der Waals surface area contributed by atoms with Gasteiger partial charge in [0.15, 0.2) is 6.61 Å². The molecule has 0 unspecified atom stereocenters. The van der Waals surface area contributed by atoms with Gasteiger partial charge in [0.1, 0.15) is 11.8 Å². The van der Waals surface area contributed by atoms with Crippen LogP contribution in [-0.4, -0.2) is 27.4 Å². The Labute approximate surface area is 150 Å². The third-order valence-corrected chi connectivity index (χ3v) is 3.59. The number of nitrogens with zero attached hydrogens (tertiary/aromatic N) is 4. The first kappa shape index (κ1) is 17.6. The topological polar surface area (TPSA) is 143 Å². The molecule has 0 atom stereocenters. The highest BCUT2D eigenvalue weighted by molar-refractivity contribution is 5.85. The summed E-state index contributed by atoms with van der Waals surface area (Å²) in [6.45, 7) is -0.283. The molecule has 1 aromatic heterocycles. The lowest BCUT2D eigenvalue weighted by atomic mass is 10.2. The van der Waals surface area contributed by atoms with E-state index >= 15 is 0 Å². The van der Waals surface area contributed by atoms with Crippen molar-refractivity contribution in [2.45, 2.75) is 0 Å². The number of hydrogen-bond donors (Lipinski definition) is 1. The molecule has 0 bridgehead atoms. The summed E-state index contributed by atoms with van der Waals surface area (Å²) >= 11 is 0. The van der Waals surface area contributed by atoms with Crippen LogP contribution >= 0.6 is 0 Å². The van der Waals surface area contributed by atoms with Crippen LogP contribution in [-0.2, 0) is 0 Å². The standard InChI is InChI=1S/C17H11N5O5/c18-7-8-27-15-6-5-12(22(25)26)9-11(15)10-19-21-16(23)13-3-1-2-4-14(13)20-17(21)24/h1-6,9-10H,8H2,(H,20,24). The first-order chi connectivity index (χ1) is 13.0. The lowest BCUT2D eigenvalue weighted by molar-refractivity contribution is -0.384. The second-order valence-electron chi connectivity index (χ2n) is 5.26. The molecule has 0 aliphatic rings. The maximum absolute atomic E-state index is 12.4. The van der Waals surface area contributed by atoms with Gasteiger partial charge in [0.05, 0.1) is 22.0 Å². The second kappa shape index (κ2) is 7.32. The SMILES string of the molecule is N#CCOc1ccc([N+](=O)[O-])cc1C=Nn1c(=O)[nH]c2ccccc2c1=O. The van der Waals surface area contributed by atoms with Crippen molar-refractivity contribution >= 4 is 22.8 Å². The third kappa shape index (κ3) is 3.57. The number of nitro benzene ring substituents is 1. The number of non-ortho nitro benzene ring substituents is 1. The smallest absolute Gasteiger partial charge is 0.349 e. The van der Waals surface area contributed by atoms with E-state index in [4.69, 9.17) is 10.00 Å². The van der Waals surface area contributed by atoms with Crippen molar-refractivity contribution in [2.24, 2.45) is 5.10 Å². The van der Waals surface area contributed by atoms with Crippen LogP contribution in [0.25, 0.3) is 10.9 Å². The highest BCUT2D eigenvalue weighted by atomic mass is 16.6. The van der Waals surface area contributed by atoms with Crippen LogP contribution in [0.4, 0.5) is 5.69 Å². The van der Waals surface area contributed by atoms with Crippen molar-refractivity contribution in [3.8, 4) is 11.8 Å². The molecule has 10 nitrogen and oxygen atoms in total. The van der Waals surface area contributed by atoms with E-state index in [0.717, 1.165) is 12.3 Å². The van der Waals surface area contributed by atoms with Crippen molar-refractivity contribution < 1.29 is 9.66 Å². The van der Waals surface area contributed by atoms with Crippen molar-refractivity contribution in [3.05, 3.63) is 79.0 Å². The van der Waals surface area contributed by atoms with Gasteiger partial charge in [-0.05, 0) is 18.2 Å². The Balaban J connectivity index is 2.10. The van der Waals surface area contributed by atoms with Crippen LogP contribution in [0, 0.1) is 21.4 Å². The van der Waals surface area contributed by atoms with Crippen LogP contribution in [0.3, 0.4) is 0 Å². The lowest BCUT2D eigenvalue weighted by Gasteiger charge is -2.06. The molecule has 3 aromatic rings. The summed E-state index contributed by atoms with van der Waals surface area (Å²) < 4.78 is 5.80. The molecule has 27 heavy (non-hydrogen) atoms. The molecule has 2 aromatic carbocycles. The number of benzene rings is 2. The molecule has 0 amide bonds. The van der Waals surface area contributed by atoms with Gasteiger partial charge < -0.3 is 9.72 Å². The highest BCUT2D eigenvalue weighted by Crippen LogP contribution is 2.22. The van der Waals surface area contributed by atoms with Gasteiger partial charge in [-0.15, -0.1) is 4.68 Å². The molecule has 10 heteroatoms. The maximum atomic E-state index is 12.4. The van der Waals surface area contributed by atoms with Crippen LogP contribution in [0.2, 0.25) is 0 Å². The molecular formula is C17H11N5O5. The van der Waals surface area contributed by atoms with E-state index in [-0.39, 0.29) is 29.0 Å². The monoisotopic (exact) mass is 365 g/mol. The van der Waals surface area contributed by atoms with E-state index in [1.807, 2.05) is 0 Å². The van der Waals surface area contributed by atoms with Gasteiger partial charge in [0, 0.05) is 17.7 Å². The number of aromatic nitrogens is 2. The minimum Gasteiger partial charge on any atom is -0.478 e. The molecule has 1 heterocycles. The zero-order valence-electron chi connectivity index (χ0n) is 13.7. The number of nitro groups is 1. The molecular weight excluding hydrogens is 354 g/mol. The van der Waals surface area contributed by atoms with E-state index in [9.17, 15) is 19.7 Å². The summed E-state index contributed by atoms with van der Waals surface area (Å²) in [5.74, 6) is 0.149. The molecule has 0 spiro atoms. The Bertz CT molecular complexity index is 1220. The molecule has 0 radical (unpaired) electrons. The van der Waals surface area contributed by atoms with Crippen molar-refractivity contribution in [1.82, 2.24) is 9.66 Å². The molecule has 0 saturated carbocycles. The summed E-state index contributed by atoms with van der Waals surface area (Å²) in [6.07, 6.45) is 1.09. The fourth-order valence-electron chi connectivity index (χ4n) is 2.37. The number of fused-ring (bicyclic) bond motifs is 1. The number of aromatic amines is 1. The number of hydrogen-bond acceptors (Lipinski definition) is 7. The lowest BCUT2D eigenvalue weighted by Crippen LogP contribution is -2.32. The minimum absolute atomic E-state index is 0.138. The molecule has 0 saturated heterocycles. The number of para-hydroxylation sites is 1. The third-order valence-electron chi connectivity index (χ3n) is 3.59. The Kier molecular flexibility index (Phi) is 4.76. The Morgan fingerprint density at radius 2 is 2.07 bits per heavy atom. The Morgan fingerprint density at radius 3 is 2.81 bits per heavy atom. The van der Waals surface area contributed by atoms with Gasteiger partial charge in [-0.2, -0.15) is 10.4 Å². The molecule has 0 fully saturated rings. The van der Waals surface area contributed by atoms with Crippen LogP contribution < -0.4 is 16.0 Å². The highest BCUT2D eigenvalue weighted by Gasteiger charge is 2.11. The number of nitriles is 1. The fourth-order valence-corrected chi connectivity index (χ4v) is 2.37. The predicted octanol–water partition coefficient (Wildman–Crippen LogP) is 1.38. The Morgan fingerprint density at radius 1 is 1.30 bits per heavy atom. The van der Waals surface area contributed by atoms with Crippen molar-refractivity contribution in [2.75, 3.05) is 6.61 Å². The number of ether oxygens (including phenoxy) is 1. The van der Waals surface area contributed by atoms with Crippen LogP contribution in [0.1, 0.15) is 5.56 Å². The van der Waals surface area contributed by atoms with Gasteiger partial charge in [-0.1, -0.05) is 12.1 Å². The second-order valence-corrected chi connectivity index (χ2v) is 5.26. The number of nitrogens with one attached hydrogen (secondary N) is 1. The van der Waals surface area contributed by atoms with E-state index in [0.29, 0.717) is 10.2 Å². The first-order valence-corrected chi connectivity index (χ1v) is 7.58. The quantitative estimate of drug-likeness (QED) is 0.411. The van der Waals surface area contributed by atoms with Crippen molar-refractivity contribution in [3.63, 3.8) is 0 Å². The molecule has 0 aliphatic carbocycles. The zero-order chi connectivity index (χ0) is 19.4. The summed E-state index contributed by atoms with van der Waals surface area (Å²) in [5.41, 5.74) is -1.14. The summed E-state index contributed by atoms with van der Waals surface area (Å²) in [7, 11) is 0. The summed E-state index contributed by atoms with van der Waals surface area (Å²) in [6, 6.07) is 11.9. The minimum atomic E-state index is -0.764. The molecule has 3 rings (SSSR count). The van der Waals surface area contributed by atoms with E-state index in [2.05, 4.69) is 10.1 Å². The maximum Gasteiger partial charge on any atom is 0.349 e. The molecule has 134 valence electrons. The Hall–Kier alpha value is -4.26. The van der Waals surface area contributed by atoms with Crippen LogP contribution in [0.15, 0.2) is 57.2 Å². The number of H-pyrrole nitrogens is 1. The normalized spacial score (nSPS) is 10.8. The largest absolute Gasteiger partial charge is 0.478 e. The fraction of sp³-hybridized carbons (Fsp3) is 0.0588. The molecule has 0 aliphatic heterocycles. The van der Waals surface area contributed by atoms with E-state index in [1.54, 1.807) is 24.3 Å². The molecule has 1 N–H and O–H groups in total. The average molecular weight is 365 g/mol. The van der Waals surface area contributed by atoms with Gasteiger partial charge in [-0.3, -0.25) is 14.9 Å². The first-order valence-electron chi connectivity index (χ1n) is 7.58. The summed E-state index contributed by atoms with van der Waals surface area (Å²) in [5, 5.41) is 23.7. The zero-order valence-corrected chi connectivity index (χ0v) is 13.7. The average Bonchev–Trinajstić information content (AvgIpc) is 2.66. The van der Waals surface area contributed by atoms with Gasteiger partial charge in [-0.25, -0.2) is 4.79 Å². The van der Waals surface area contributed by atoms with Crippen LogP contribution in [0.5, 0.6) is 5.75 Å². The van der Waals surface area contributed by atoms with E-state index < -0.39 is 16.2 Å². The van der Waals surface area contributed by atoms with Gasteiger partial charge in [0.25, 0.3) is 11.2 Å². The number of rotatable bonds is 5. The summed E-state index contributed by atoms with van der Waals surface area (Å²) in [4.78, 5) is 37.4. The van der Waals surface area contributed by atoms with E-state index in [1.165, 1.54) is 18.2 Å². The van der Waals surface area contributed by atoms with Crippen molar-refractivity contribution in [1.29, 1.82) is 5.26 Å². The van der Waals surface area contributed by atoms with Gasteiger partial charge in [0.2, 0.25) is 0 Å².